The van der Waals surface area contributed by atoms with E-state index in [0.29, 0.717) is 12.0 Å². The summed E-state index contributed by atoms with van der Waals surface area (Å²) in [5, 5.41) is 9.74. The van der Waals surface area contributed by atoms with Crippen LogP contribution in [0.2, 0.25) is 0 Å². The van der Waals surface area contributed by atoms with Gasteiger partial charge in [-0.1, -0.05) is 0 Å². The second-order valence-electron chi connectivity index (χ2n) is 5.15. The second kappa shape index (κ2) is 6.41. The lowest BCUT2D eigenvalue weighted by molar-refractivity contribution is 0.00314. The fraction of sp³-hybridized carbons (Fsp3) is 0.571. The lowest BCUT2D eigenvalue weighted by atomic mass is 10.1. The quantitative estimate of drug-likeness (QED) is 0.912. The smallest absolute Gasteiger partial charge is 0.126 e. The van der Waals surface area contributed by atoms with Crippen LogP contribution in [0.15, 0.2) is 18.2 Å². The number of halogens is 2. The first-order chi connectivity index (χ1) is 9.02. The molecule has 1 fully saturated rings. The zero-order valence-electron chi connectivity index (χ0n) is 11.0. The molecule has 0 bridgehead atoms. The van der Waals surface area contributed by atoms with E-state index in [1.165, 1.54) is 12.1 Å². The Bertz CT molecular complexity index is 396. The van der Waals surface area contributed by atoms with Crippen LogP contribution in [0, 0.1) is 11.6 Å². The first-order valence-corrected chi connectivity index (χ1v) is 6.46. The van der Waals surface area contributed by atoms with Gasteiger partial charge in [-0.2, -0.15) is 0 Å². The van der Waals surface area contributed by atoms with E-state index >= 15 is 0 Å². The molecule has 1 aromatic rings. The molecule has 0 spiro atoms. The Morgan fingerprint density at radius 3 is 2.68 bits per heavy atom. The number of rotatable bonds is 3. The van der Waals surface area contributed by atoms with Crippen LogP contribution in [-0.4, -0.2) is 42.4 Å². The van der Waals surface area contributed by atoms with Crippen LogP contribution in [0.1, 0.15) is 18.4 Å². The minimum absolute atomic E-state index is 0.117. The lowest BCUT2D eigenvalue weighted by Crippen LogP contribution is -2.29. The molecule has 2 rings (SSSR count). The SMILES string of the molecule is CN1CCC(O)CC(OCc2cc(F)cc(F)c2)C1. The Morgan fingerprint density at radius 2 is 2.00 bits per heavy atom. The molecule has 0 aliphatic carbocycles. The van der Waals surface area contributed by atoms with Crippen LogP contribution in [0.5, 0.6) is 0 Å². The van der Waals surface area contributed by atoms with Gasteiger partial charge in [0.2, 0.25) is 0 Å². The Morgan fingerprint density at radius 1 is 1.32 bits per heavy atom. The van der Waals surface area contributed by atoms with Gasteiger partial charge in [0, 0.05) is 25.6 Å². The van der Waals surface area contributed by atoms with Gasteiger partial charge in [-0.25, -0.2) is 8.78 Å². The maximum atomic E-state index is 13.0. The van der Waals surface area contributed by atoms with Gasteiger partial charge in [-0.15, -0.1) is 0 Å². The number of aliphatic hydroxyl groups excluding tert-OH is 1. The largest absolute Gasteiger partial charge is 0.393 e. The highest BCUT2D eigenvalue weighted by Gasteiger charge is 2.21. The Labute approximate surface area is 111 Å². The molecular weight excluding hydrogens is 252 g/mol. The van der Waals surface area contributed by atoms with E-state index in [1.54, 1.807) is 0 Å². The van der Waals surface area contributed by atoms with Crippen molar-refractivity contribution in [3.8, 4) is 0 Å². The molecule has 0 aromatic heterocycles. The number of nitrogens with zero attached hydrogens (tertiary/aromatic N) is 1. The Kier molecular flexibility index (Phi) is 4.85. The number of aliphatic hydroxyl groups is 1. The molecule has 0 amide bonds. The van der Waals surface area contributed by atoms with E-state index in [4.69, 9.17) is 4.74 Å². The first-order valence-electron chi connectivity index (χ1n) is 6.46. The average molecular weight is 271 g/mol. The number of hydrogen-bond acceptors (Lipinski definition) is 3. The van der Waals surface area contributed by atoms with Crippen LogP contribution in [0.3, 0.4) is 0 Å². The maximum absolute atomic E-state index is 13.0. The van der Waals surface area contributed by atoms with Gasteiger partial charge in [-0.05, 0) is 31.2 Å². The molecule has 3 nitrogen and oxygen atoms in total. The molecule has 1 saturated heterocycles. The molecule has 2 atom stereocenters. The van der Waals surface area contributed by atoms with Gasteiger partial charge in [0.1, 0.15) is 11.6 Å². The van der Waals surface area contributed by atoms with Gasteiger partial charge < -0.3 is 14.7 Å². The van der Waals surface area contributed by atoms with Crippen molar-refractivity contribution in [1.82, 2.24) is 4.90 Å². The Balaban J connectivity index is 1.93. The summed E-state index contributed by atoms with van der Waals surface area (Å²) >= 11 is 0. The topological polar surface area (TPSA) is 32.7 Å². The Hall–Kier alpha value is -1.04. The molecule has 1 N–H and O–H groups in total. The maximum Gasteiger partial charge on any atom is 0.126 e. The van der Waals surface area contributed by atoms with E-state index in [9.17, 15) is 13.9 Å². The zero-order valence-corrected chi connectivity index (χ0v) is 11.0. The molecule has 2 unspecified atom stereocenters. The van der Waals surface area contributed by atoms with Gasteiger partial charge in [0.15, 0.2) is 0 Å². The molecule has 106 valence electrons. The van der Waals surface area contributed by atoms with Crippen LogP contribution >= 0.6 is 0 Å². The fourth-order valence-corrected chi connectivity index (χ4v) is 2.33. The molecule has 1 aliphatic rings. The molecule has 1 aromatic carbocycles. The number of ether oxygens (including phenoxy) is 1. The first kappa shape index (κ1) is 14.4. The summed E-state index contributed by atoms with van der Waals surface area (Å²) in [5.41, 5.74) is 0.471. The summed E-state index contributed by atoms with van der Waals surface area (Å²) in [5.74, 6) is -1.20. The summed E-state index contributed by atoms with van der Waals surface area (Å²) in [6.45, 7) is 1.70. The monoisotopic (exact) mass is 271 g/mol. The minimum atomic E-state index is -0.600. The molecule has 0 radical (unpaired) electrons. The summed E-state index contributed by atoms with van der Waals surface area (Å²) in [6, 6.07) is 3.37. The summed E-state index contributed by atoms with van der Waals surface area (Å²) in [7, 11) is 1.97. The highest BCUT2D eigenvalue weighted by molar-refractivity contribution is 5.17. The third-order valence-corrected chi connectivity index (χ3v) is 3.30. The van der Waals surface area contributed by atoms with Gasteiger partial charge in [0.05, 0.1) is 18.8 Å². The highest BCUT2D eigenvalue weighted by atomic mass is 19.1. The lowest BCUT2D eigenvalue weighted by Gasteiger charge is -2.20. The van der Waals surface area contributed by atoms with Gasteiger partial charge in [-0.3, -0.25) is 0 Å². The molecule has 1 heterocycles. The summed E-state index contributed by atoms with van der Waals surface area (Å²) in [4.78, 5) is 2.09. The summed E-state index contributed by atoms with van der Waals surface area (Å²) in [6.07, 6.45) is 0.792. The van der Waals surface area contributed by atoms with Crippen molar-refractivity contribution in [1.29, 1.82) is 0 Å². The molecule has 5 heteroatoms. The van der Waals surface area contributed by atoms with Crippen molar-refractivity contribution in [3.63, 3.8) is 0 Å². The predicted molar refractivity (Wildman–Crippen MR) is 67.7 cm³/mol. The standard InChI is InChI=1S/C14H19F2NO2/c1-17-3-2-13(18)7-14(8-17)19-9-10-4-11(15)6-12(16)5-10/h4-6,13-14,18H,2-3,7-9H2,1H3. The van der Waals surface area contributed by atoms with Crippen LogP contribution in [-0.2, 0) is 11.3 Å². The second-order valence-corrected chi connectivity index (χ2v) is 5.15. The molecule has 0 saturated carbocycles. The van der Waals surface area contributed by atoms with Crippen LogP contribution in [0.25, 0.3) is 0 Å². The van der Waals surface area contributed by atoms with Crippen molar-refractivity contribution in [2.45, 2.75) is 31.7 Å². The average Bonchev–Trinajstić information content (AvgIpc) is 2.47. The number of benzene rings is 1. The zero-order chi connectivity index (χ0) is 13.8. The van der Waals surface area contributed by atoms with E-state index in [-0.39, 0.29) is 18.8 Å². The van der Waals surface area contributed by atoms with Crippen molar-refractivity contribution in [2.75, 3.05) is 20.1 Å². The third kappa shape index (κ3) is 4.53. The fourth-order valence-electron chi connectivity index (χ4n) is 2.33. The highest BCUT2D eigenvalue weighted by Crippen LogP contribution is 2.16. The minimum Gasteiger partial charge on any atom is -0.393 e. The van der Waals surface area contributed by atoms with Gasteiger partial charge >= 0.3 is 0 Å². The van der Waals surface area contributed by atoms with E-state index in [2.05, 4.69) is 4.90 Å². The normalized spacial score (nSPS) is 25.3. The third-order valence-electron chi connectivity index (χ3n) is 3.30. The van der Waals surface area contributed by atoms with Crippen molar-refractivity contribution >= 4 is 0 Å². The van der Waals surface area contributed by atoms with Gasteiger partial charge in [0.25, 0.3) is 0 Å². The van der Waals surface area contributed by atoms with E-state index < -0.39 is 11.6 Å². The molecular formula is C14H19F2NO2. The van der Waals surface area contributed by atoms with Crippen molar-refractivity contribution in [2.24, 2.45) is 0 Å². The van der Waals surface area contributed by atoms with E-state index in [1.807, 2.05) is 7.05 Å². The molecule has 19 heavy (non-hydrogen) atoms. The van der Waals surface area contributed by atoms with E-state index in [0.717, 1.165) is 25.6 Å². The molecule has 1 aliphatic heterocycles. The summed E-state index contributed by atoms with van der Waals surface area (Å²) < 4.78 is 31.7. The van der Waals surface area contributed by atoms with Crippen LogP contribution in [0.4, 0.5) is 8.78 Å². The van der Waals surface area contributed by atoms with Crippen LogP contribution < -0.4 is 0 Å². The van der Waals surface area contributed by atoms with Crippen molar-refractivity contribution in [3.05, 3.63) is 35.4 Å². The number of likely N-dealkylation sites (N-methyl/N-ethyl adjacent to an activating group) is 1. The number of likely N-dealkylation sites (tertiary alicyclic amines) is 1. The number of hydrogen-bond donors (Lipinski definition) is 1. The predicted octanol–water partition coefficient (Wildman–Crippen LogP) is 1.94. The van der Waals surface area contributed by atoms with Crippen molar-refractivity contribution < 1.29 is 18.6 Å².